The molecule has 0 saturated heterocycles. The molecular formula is C16H19ClN2S. The lowest BCUT2D eigenvalue weighted by molar-refractivity contribution is 0.716. The predicted octanol–water partition coefficient (Wildman–Crippen LogP) is 4.18. The molecule has 2 rings (SSSR count). The van der Waals surface area contributed by atoms with Gasteiger partial charge in [0.2, 0.25) is 0 Å². The van der Waals surface area contributed by atoms with E-state index in [9.17, 15) is 0 Å². The molecule has 0 atom stereocenters. The van der Waals surface area contributed by atoms with Gasteiger partial charge < -0.3 is 5.32 Å². The minimum Gasteiger partial charge on any atom is -0.317 e. The standard InChI is InChI=1S/C16H19ClN2S/c1-2-18-8-5-13-3-4-15(17)16(11-13)20-12-14-6-9-19-10-7-14/h3-4,6-7,9-11,18H,2,5,8,12H2,1H3. The Hall–Kier alpha value is -1.03. The first-order valence-electron chi connectivity index (χ1n) is 6.80. The number of nitrogens with zero attached hydrogens (tertiary/aromatic N) is 1. The Bertz CT molecular complexity index is 531. The molecule has 0 spiro atoms. The van der Waals surface area contributed by atoms with Crippen LogP contribution in [0.25, 0.3) is 0 Å². The van der Waals surface area contributed by atoms with Gasteiger partial charge in [0.1, 0.15) is 0 Å². The molecule has 0 unspecified atom stereocenters. The first-order chi connectivity index (χ1) is 9.79. The van der Waals surface area contributed by atoms with Crippen LogP contribution in [0.3, 0.4) is 0 Å². The van der Waals surface area contributed by atoms with E-state index in [0.717, 1.165) is 35.2 Å². The monoisotopic (exact) mass is 306 g/mol. The van der Waals surface area contributed by atoms with Gasteiger partial charge in [0.25, 0.3) is 0 Å². The fraction of sp³-hybridized carbons (Fsp3) is 0.312. The fourth-order valence-electron chi connectivity index (χ4n) is 1.86. The SMILES string of the molecule is CCNCCc1ccc(Cl)c(SCc2ccncc2)c1. The summed E-state index contributed by atoms with van der Waals surface area (Å²) in [5.41, 5.74) is 2.59. The smallest absolute Gasteiger partial charge is 0.0542 e. The molecular weight excluding hydrogens is 288 g/mol. The highest BCUT2D eigenvalue weighted by molar-refractivity contribution is 7.98. The van der Waals surface area contributed by atoms with E-state index in [1.807, 2.05) is 30.6 Å². The van der Waals surface area contributed by atoms with Gasteiger partial charge in [-0.3, -0.25) is 4.98 Å². The van der Waals surface area contributed by atoms with Crippen LogP contribution in [-0.4, -0.2) is 18.1 Å². The Morgan fingerprint density at radius 1 is 1.15 bits per heavy atom. The molecule has 4 heteroatoms. The van der Waals surface area contributed by atoms with Gasteiger partial charge in [-0.1, -0.05) is 24.6 Å². The van der Waals surface area contributed by atoms with Crippen LogP contribution < -0.4 is 5.32 Å². The molecule has 1 heterocycles. The zero-order chi connectivity index (χ0) is 14.2. The molecule has 1 aromatic heterocycles. The highest BCUT2D eigenvalue weighted by Crippen LogP contribution is 2.30. The van der Waals surface area contributed by atoms with Crippen molar-refractivity contribution in [3.63, 3.8) is 0 Å². The Morgan fingerprint density at radius 3 is 2.70 bits per heavy atom. The van der Waals surface area contributed by atoms with E-state index >= 15 is 0 Å². The molecule has 0 aliphatic carbocycles. The Kier molecular flexibility index (Phi) is 6.37. The van der Waals surface area contributed by atoms with Crippen molar-refractivity contribution in [2.45, 2.75) is 24.0 Å². The molecule has 0 radical (unpaired) electrons. The van der Waals surface area contributed by atoms with E-state index in [4.69, 9.17) is 11.6 Å². The van der Waals surface area contributed by atoms with Crippen molar-refractivity contribution < 1.29 is 0 Å². The normalized spacial score (nSPS) is 10.7. The van der Waals surface area contributed by atoms with Crippen molar-refractivity contribution in [3.05, 3.63) is 58.9 Å². The van der Waals surface area contributed by atoms with Crippen LogP contribution >= 0.6 is 23.4 Å². The van der Waals surface area contributed by atoms with Crippen LogP contribution in [0.1, 0.15) is 18.1 Å². The predicted molar refractivity (Wildman–Crippen MR) is 87.5 cm³/mol. The average Bonchev–Trinajstić information content (AvgIpc) is 2.49. The van der Waals surface area contributed by atoms with Crippen molar-refractivity contribution in [1.82, 2.24) is 10.3 Å². The van der Waals surface area contributed by atoms with Crippen LogP contribution in [0.2, 0.25) is 5.02 Å². The zero-order valence-corrected chi connectivity index (χ0v) is 13.2. The molecule has 0 bridgehead atoms. The first kappa shape index (κ1) is 15.4. The molecule has 1 aromatic carbocycles. The van der Waals surface area contributed by atoms with Gasteiger partial charge in [-0.2, -0.15) is 0 Å². The number of likely N-dealkylation sites (N-methyl/N-ethyl adjacent to an activating group) is 1. The highest BCUT2D eigenvalue weighted by atomic mass is 35.5. The van der Waals surface area contributed by atoms with E-state index in [2.05, 4.69) is 29.4 Å². The second-order valence-electron chi connectivity index (χ2n) is 4.51. The zero-order valence-electron chi connectivity index (χ0n) is 11.6. The van der Waals surface area contributed by atoms with E-state index in [0.29, 0.717) is 0 Å². The Morgan fingerprint density at radius 2 is 1.95 bits per heavy atom. The number of thioether (sulfide) groups is 1. The summed E-state index contributed by atoms with van der Waals surface area (Å²) in [5, 5.41) is 4.17. The van der Waals surface area contributed by atoms with Crippen LogP contribution in [0.15, 0.2) is 47.6 Å². The summed E-state index contributed by atoms with van der Waals surface area (Å²) in [5.74, 6) is 0.916. The van der Waals surface area contributed by atoms with Gasteiger partial charge in [-0.25, -0.2) is 0 Å². The van der Waals surface area contributed by atoms with Crippen molar-refractivity contribution in [3.8, 4) is 0 Å². The van der Waals surface area contributed by atoms with Gasteiger partial charge >= 0.3 is 0 Å². The maximum absolute atomic E-state index is 6.27. The fourth-order valence-corrected chi connectivity index (χ4v) is 3.10. The van der Waals surface area contributed by atoms with E-state index in [1.54, 1.807) is 11.8 Å². The van der Waals surface area contributed by atoms with Gasteiger partial charge in [-0.15, -0.1) is 11.8 Å². The number of halogens is 1. The molecule has 2 nitrogen and oxygen atoms in total. The second-order valence-corrected chi connectivity index (χ2v) is 5.94. The van der Waals surface area contributed by atoms with E-state index in [-0.39, 0.29) is 0 Å². The van der Waals surface area contributed by atoms with Gasteiger partial charge in [0.15, 0.2) is 0 Å². The number of pyridine rings is 1. The third-order valence-corrected chi connectivity index (χ3v) is 4.55. The maximum atomic E-state index is 6.27. The van der Waals surface area contributed by atoms with E-state index < -0.39 is 0 Å². The molecule has 106 valence electrons. The summed E-state index contributed by atoms with van der Waals surface area (Å²) in [4.78, 5) is 5.18. The molecule has 2 aromatic rings. The molecule has 0 aliphatic rings. The third kappa shape index (κ3) is 4.82. The molecule has 20 heavy (non-hydrogen) atoms. The number of benzene rings is 1. The van der Waals surface area contributed by atoms with E-state index in [1.165, 1.54) is 11.1 Å². The maximum Gasteiger partial charge on any atom is 0.0542 e. The molecule has 0 saturated carbocycles. The number of aromatic nitrogens is 1. The average molecular weight is 307 g/mol. The van der Waals surface area contributed by atoms with Crippen molar-refractivity contribution in [1.29, 1.82) is 0 Å². The van der Waals surface area contributed by atoms with Crippen LogP contribution in [0.5, 0.6) is 0 Å². The summed E-state index contributed by atoms with van der Waals surface area (Å²) < 4.78 is 0. The lowest BCUT2D eigenvalue weighted by atomic mass is 10.1. The minimum atomic E-state index is 0.830. The highest BCUT2D eigenvalue weighted by Gasteiger charge is 2.04. The summed E-state index contributed by atoms with van der Waals surface area (Å²) >= 11 is 8.05. The van der Waals surface area contributed by atoms with Crippen LogP contribution in [0, 0.1) is 0 Å². The van der Waals surface area contributed by atoms with Gasteiger partial charge in [-0.05, 0) is 54.9 Å². The van der Waals surface area contributed by atoms with Gasteiger partial charge in [0, 0.05) is 23.0 Å². The molecule has 0 amide bonds. The summed E-state index contributed by atoms with van der Waals surface area (Å²) in [7, 11) is 0. The van der Waals surface area contributed by atoms with Crippen molar-refractivity contribution in [2.24, 2.45) is 0 Å². The largest absolute Gasteiger partial charge is 0.317 e. The lowest BCUT2D eigenvalue weighted by Gasteiger charge is -2.08. The summed E-state index contributed by atoms with van der Waals surface area (Å²) in [6.45, 7) is 4.14. The molecule has 0 aliphatic heterocycles. The number of nitrogens with one attached hydrogen (secondary N) is 1. The number of hydrogen-bond acceptors (Lipinski definition) is 3. The Labute approximate surface area is 130 Å². The van der Waals surface area contributed by atoms with Crippen LogP contribution in [0.4, 0.5) is 0 Å². The van der Waals surface area contributed by atoms with Crippen molar-refractivity contribution in [2.75, 3.05) is 13.1 Å². The summed E-state index contributed by atoms with van der Waals surface area (Å²) in [6.07, 6.45) is 4.68. The molecule has 1 N–H and O–H groups in total. The number of rotatable bonds is 7. The van der Waals surface area contributed by atoms with Crippen LogP contribution in [-0.2, 0) is 12.2 Å². The summed E-state index contributed by atoms with van der Waals surface area (Å²) in [6, 6.07) is 10.4. The van der Waals surface area contributed by atoms with Crippen molar-refractivity contribution >= 4 is 23.4 Å². The first-order valence-corrected chi connectivity index (χ1v) is 8.17. The minimum absolute atomic E-state index is 0.830. The quantitative estimate of drug-likeness (QED) is 0.613. The topological polar surface area (TPSA) is 24.9 Å². The lowest BCUT2D eigenvalue weighted by Crippen LogP contribution is -2.15. The number of hydrogen-bond donors (Lipinski definition) is 1. The second kappa shape index (κ2) is 8.30. The Balaban J connectivity index is 1.97. The third-order valence-electron chi connectivity index (χ3n) is 2.98. The molecule has 0 fully saturated rings. The van der Waals surface area contributed by atoms with Gasteiger partial charge in [0.05, 0.1) is 5.02 Å².